The molecule has 3 aliphatic heterocycles. The standard InChI is InChI=1S/C54H85N5O10Si/c1-17-45(69-70(51(7,8)9,41-26-20-18-21-27-41)42-28-22-19-23-29-42)54(13)47(59(50(61)68-54)31-25-24-30-56-57-55)40(6)63-35-36(2)34-53(12,62-16)48(39(5)44-33-46(60)67-52(10,11)66-44)65-49-38(4)43(58(14)15)32-37(3)64-49/h18-23,26-29,33,36-40,43,45,47-49H,17,24-25,30-32,34-35H2,1-16H3/t36-,37?,38?,39-,40-,43?,45-,47-,48-,49+,53-,54-/m1/s1. The van der Waals surface area contributed by atoms with Crippen LogP contribution in [-0.2, 0) is 42.4 Å². The van der Waals surface area contributed by atoms with Gasteiger partial charge in [-0.05, 0) is 101 Å². The fourth-order valence-electron chi connectivity index (χ4n) is 11.4. The summed E-state index contributed by atoms with van der Waals surface area (Å²) in [5.74, 6) is -1.73. The van der Waals surface area contributed by atoms with Crippen molar-refractivity contribution in [3.05, 3.63) is 82.9 Å². The smallest absolute Gasteiger partial charge is 0.410 e. The predicted molar refractivity (Wildman–Crippen MR) is 275 cm³/mol. The molecule has 16 heteroatoms. The van der Waals surface area contributed by atoms with Crippen LogP contribution >= 0.6 is 0 Å². The average Bonchev–Trinajstić information content (AvgIpc) is 3.56. The Hall–Kier alpha value is -3.99. The van der Waals surface area contributed by atoms with Crippen LogP contribution < -0.4 is 10.4 Å². The van der Waals surface area contributed by atoms with Crippen molar-refractivity contribution in [2.24, 2.45) is 22.9 Å². The first-order valence-corrected chi connectivity index (χ1v) is 27.4. The molecule has 2 aromatic rings. The summed E-state index contributed by atoms with van der Waals surface area (Å²) in [5.41, 5.74) is 6.89. The maximum atomic E-state index is 14.3. The Morgan fingerprint density at radius 1 is 0.943 bits per heavy atom. The summed E-state index contributed by atoms with van der Waals surface area (Å²) in [6.07, 6.45) is 1.82. The summed E-state index contributed by atoms with van der Waals surface area (Å²) >= 11 is 0. The zero-order valence-electron chi connectivity index (χ0n) is 45.1. The van der Waals surface area contributed by atoms with Gasteiger partial charge >= 0.3 is 12.1 Å². The van der Waals surface area contributed by atoms with Crippen LogP contribution in [0.4, 0.5) is 4.79 Å². The highest BCUT2D eigenvalue weighted by Crippen LogP contribution is 2.45. The number of benzene rings is 2. The molecule has 12 atom stereocenters. The van der Waals surface area contributed by atoms with E-state index in [9.17, 15) is 9.59 Å². The zero-order chi connectivity index (χ0) is 51.8. The molecule has 390 valence electrons. The van der Waals surface area contributed by atoms with Crippen LogP contribution in [0.5, 0.6) is 0 Å². The van der Waals surface area contributed by atoms with Gasteiger partial charge in [-0.1, -0.05) is 114 Å². The minimum Gasteiger partial charge on any atom is -0.456 e. The molecule has 0 aliphatic carbocycles. The van der Waals surface area contributed by atoms with E-state index in [-0.39, 0.29) is 29.0 Å². The fraction of sp³-hybridized carbons (Fsp3) is 0.704. The van der Waals surface area contributed by atoms with Gasteiger partial charge in [0.15, 0.2) is 11.9 Å². The SMILES string of the molecule is CC[C@@H](O[Si](c1ccccc1)(c1ccccc1)C(C)(C)C)[C@@]1(C)OC(=O)N(CCCCN=[N+]=[N-])[C@@H]1[C@@H](C)OC[C@H](C)C[C@@](C)(OC)[C@H](O[C@@H]1OC(C)CC(N(C)C)C1C)[C@H](C)C1=CC(=O)OC(C)(C)O1. The lowest BCUT2D eigenvalue weighted by Gasteiger charge is -2.49. The monoisotopic (exact) mass is 992 g/mol. The normalized spacial score (nSPS) is 27.0. The van der Waals surface area contributed by atoms with Gasteiger partial charge in [-0.3, -0.25) is 4.90 Å². The van der Waals surface area contributed by atoms with Crippen LogP contribution in [0.1, 0.15) is 122 Å². The van der Waals surface area contributed by atoms with Crippen LogP contribution in [0.2, 0.25) is 5.04 Å². The number of carbonyl (C=O) groups is 2. The molecular weight excluding hydrogens is 907 g/mol. The Kier molecular flexibility index (Phi) is 19.3. The van der Waals surface area contributed by atoms with Crippen molar-refractivity contribution in [3.63, 3.8) is 0 Å². The molecule has 3 unspecified atom stereocenters. The Balaban J connectivity index is 1.48. The molecule has 0 aromatic heterocycles. The molecule has 0 spiro atoms. The third-order valence-electron chi connectivity index (χ3n) is 14.9. The van der Waals surface area contributed by atoms with Crippen molar-refractivity contribution >= 4 is 30.8 Å². The number of amides is 1. The van der Waals surface area contributed by atoms with Crippen LogP contribution in [-0.4, -0.2) is 131 Å². The number of hydrogen-bond acceptors (Lipinski definition) is 12. The highest BCUT2D eigenvalue weighted by Gasteiger charge is 2.61. The van der Waals surface area contributed by atoms with Gasteiger partial charge in [0.25, 0.3) is 8.32 Å². The summed E-state index contributed by atoms with van der Waals surface area (Å²) in [6.45, 7) is 27.7. The molecule has 2 fully saturated rings. The number of unbranched alkanes of at least 4 members (excludes halogenated alkanes) is 1. The van der Waals surface area contributed by atoms with Gasteiger partial charge < -0.3 is 42.5 Å². The molecule has 2 aromatic carbocycles. The second kappa shape index (κ2) is 23.7. The minimum absolute atomic E-state index is 0.0199. The zero-order valence-corrected chi connectivity index (χ0v) is 46.1. The van der Waals surface area contributed by atoms with Crippen molar-refractivity contribution in [1.29, 1.82) is 0 Å². The van der Waals surface area contributed by atoms with Crippen molar-refractivity contribution in [2.75, 3.05) is 40.9 Å². The maximum Gasteiger partial charge on any atom is 0.410 e. The predicted octanol–water partition coefficient (Wildman–Crippen LogP) is 9.76. The van der Waals surface area contributed by atoms with E-state index in [4.69, 9.17) is 43.1 Å². The highest BCUT2D eigenvalue weighted by atomic mass is 28.4. The molecule has 5 rings (SSSR count). The third-order valence-corrected chi connectivity index (χ3v) is 19.9. The maximum absolute atomic E-state index is 14.3. The molecule has 70 heavy (non-hydrogen) atoms. The van der Waals surface area contributed by atoms with E-state index in [2.05, 4.69) is 126 Å². The molecule has 3 aliphatic rings. The number of nitrogens with zero attached hydrogens (tertiary/aromatic N) is 5. The quantitative estimate of drug-likeness (QED) is 0.0246. The minimum atomic E-state index is -3.12. The second-order valence-corrected chi connectivity index (χ2v) is 26.4. The molecule has 0 radical (unpaired) electrons. The van der Waals surface area contributed by atoms with Crippen molar-refractivity contribution in [3.8, 4) is 0 Å². The third kappa shape index (κ3) is 12.8. The van der Waals surface area contributed by atoms with E-state index in [1.165, 1.54) is 6.08 Å². The molecular formula is C54H85N5O10Si. The highest BCUT2D eigenvalue weighted by molar-refractivity contribution is 6.99. The van der Waals surface area contributed by atoms with Gasteiger partial charge in [-0.2, -0.15) is 0 Å². The number of cyclic esters (lactones) is 2. The van der Waals surface area contributed by atoms with Crippen LogP contribution in [0.25, 0.3) is 10.4 Å². The molecule has 0 N–H and O–H groups in total. The number of hydrogen-bond donors (Lipinski definition) is 0. The van der Waals surface area contributed by atoms with Crippen LogP contribution in [0.3, 0.4) is 0 Å². The largest absolute Gasteiger partial charge is 0.456 e. The summed E-state index contributed by atoms with van der Waals surface area (Å²) in [4.78, 5) is 34.2. The Bertz CT molecular complexity index is 2060. The lowest BCUT2D eigenvalue weighted by atomic mass is 9.81. The lowest BCUT2D eigenvalue weighted by molar-refractivity contribution is -0.285. The van der Waals surface area contributed by atoms with Gasteiger partial charge in [0, 0.05) is 63.4 Å². The Morgan fingerprint density at radius 3 is 2.09 bits per heavy atom. The van der Waals surface area contributed by atoms with E-state index in [1.54, 1.807) is 25.9 Å². The molecule has 1 amide bonds. The Morgan fingerprint density at radius 2 is 1.56 bits per heavy atom. The average molecular weight is 992 g/mol. The number of azide groups is 1. The molecule has 0 bridgehead atoms. The first-order chi connectivity index (χ1) is 32.9. The van der Waals surface area contributed by atoms with Gasteiger partial charge in [0.2, 0.25) is 5.79 Å². The molecule has 15 nitrogen and oxygen atoms in total. The molecule has 3 heterocycles. The summed E-state index contributed by atoms with van der Waals surface area (Å²) < 4.78 is 53.4. The molecule has 0 saturated carbocycles. The topological polar surface area (TPSA) is 163 Å². The lowest BCUT2D eigenvalue weighted by Crippen LogP contribution is -2.70. The van der Waals surface area contributed by atoms with Crippen molar-refractivity contribution in [2.45, 2.75) is 187 Å². The number of rotatable bonds is 24. The summed E-state index contributed by atoms with van der Waals surface area (Å²) in [5, 5.41) is 5.68. The van der Waals surface area contributed by atoms with E-state index >= 15 is 0 Å². The van der Waals surface area contributed by atoms with E-state index in [0.717, 1.165) is 16.8 Å². The van der Waals surface area contributed by atoms with Crippen molar-refractivity contribution < 1.29 is 47.2 Å². The molecule has 2 saturated heterocycles. The van der Waals surface area contributed by atoms with Gasteiger partial charge in [0.1, 0.15) is 11.8 Å². The van der Waals surface area contributed by atoms with Crippen LogP contribution in [0, 0.1) is 17.8 Å². The van der Waals surface area contributed by atoms with Gasteiger partial charge in [-0.15, -0.1) is 0 Å². The first-order valence-electron chi connectivity index (χ1n) is 25.4. The first kappa shape index (κ1) is 56.9. The van der Waals surface area contributed by atoms with Crippen LogP contribution in [0.15, 0.2) is 77.6 Å². The summed E-state index contributed by atoms with van der Waals surface area (Å²) in [6, 6.07) is 20.7. The number of methoxy groups -OCH3 is 1. The second-order valence-electron chi connectivity index (χ2n) is 22.2. The van der Waals surface area contributed by atoms with E-state index in [0.29, 0.717) is 51.1 Å². The number of carbonyl (C=O) groups excluding carboxylic acids is 2. The number of ether oxygens (including phenoxy) is 7. The summed E-state index contributed by atoms with van der Waals surface area (Å²) in [7, 11) is 2.74. The van der Waals surface area contributed by atoms with E-state index < -0.39 is 73.9 Å². The van der Waals surface area contributed by atoms with Gasteiger partial charge in [0.05, 0.1) is 36.1 Å². The van der Waals surface area contributed by atoms with Crippen molar-refractivity contribution in [1.82, 2.24) is 9.80 Å². The fourth-order valence-corrected chi connectivity index (χ4v) is 16.3. The number of esters is 1. The Labute approximate surface area is 419 Å². The van der Waals surface area contributed by atoms with Gasteiger partial charge in [-0.25, -0.2) is 9.59 Å². The van der Waals surface area contributed by atoms with E-state index in [1.807, 2.05) is 39.8 Å².